The number of methoxy groups -OCH3 is 1. The summed E-state index contributed by atoms with van der Waals surface area (Å²) in [7, 11) is 1.63. The first-order chi connectivity index (χ1) is 22.4. The molecule has 3 N–H and O–H groups in total. The maximum Gasteiger partial charge on any atom is 0.339 e. The number of piperidine rings is 1. The number of aromatic nitrogens is 1. The summed E-state index contributed by atoms with van der Waals surface area (Å²) in [5, 5.41) is 2.94. The Kier molecular flexibility index (Phi) is 7.62. The van der Waals surface area contributed by atoms with Gasteiger partial charge in [-0.25, -0.2) is 9.78 Å². The number of ether oxygens (including phenoxy) is 2. The second-order valence-electron chi connectivity index (χ2n) is 11.8. The number of nitrogens with two attached hydrogens (primary N) is 1. The van der Waals surface area contributed by atoms with Crippen molar-refractivity contribution in [2.24, 2.45) is 0 Å². The highest BCUT2D eigenvalue weighted by Crippen LogP contribution is 2.49. The first-order valence-corrected chi connectivity index (χ1v) is 15.4. The van der Waals surface area contributed by atoms with Crippen LogP contribution in [0.3, 0.4) is 0 Å². The molecule has 5 aromatic rings. The average molecular weight is 611 g/mol. The standard InChI is InChI=1S/C38H34N4O4/c1-45-29-14-15-30-31(23-29)35(26-10-6-3-7-11-26)38(46-37(30)44)18-20-42(21-19-38)34-17-13-28(24-40-34)36(43)41-33-22-27(12-16-32(33)39)25-8-4-2-5-9-25/h2-17,22-24,35H,18-21,39H2,1H3,(H,41,43). The summed E-state index contributed by atoms with van der Waals surface area (Å²) in [6.45, 7) is 1.27. The van der Waals surface area contributed by atoms with Crippen LogP contribution in [0, 0.1) is 0 Å². The summed E-state index contributed by atoms with van der Waals surface area (Å²) in [6.07, 6.45) is 2.83. The highest BCUT2D eigenvalue weighted by molar-refractivity contribution is 6.06. The van der Waals surface area contributed by atoms with Crippen LogP contribution in [-0.2, 0) is 4.74 Å². The van der Waals surface area contributed by atoms with Crippen LogP contribution in [-0.4, -0.2) is 42.7 Å². The maximum absolute atomic E-state index is 13.3. The van der Waals surface area contributed by atoms with Gasteiger partial charge in [0.25, 0.3) is 5.91 Å². The van der Waals surface area contributed by atoms with Gasteiger partial charge in [-0.05, 0) is 64.7 Å². The van der Waals surface area contributed by atoms with Crippen molar-refractivity contribution in [3.05, 3.63) is 138 Å². The molecular formula is C38H34N4O4. The number of fused-ring (bicyclic) bond motifs is 1. The number of rotatable bonds is 6. The summed E-state index contributed by atoms with van der Waals surface area (Å²) >= 11 is 0. The minimum Gasteiger partial charge on any atom is -0.497 e. The molecule has 1 atom stereocenters. The monoisotopic (exact) mass is 610 g/mol. The van der Waals surface area contributed by atoms with Crippen LogP contribution in [0.4, 0.5) is 17.2 Å². The molecule has 1 saturated heterocycles. The minimum atomic E-state index is -0.706. The number of pyridine rings is 1. The van der Waals surface area contributed by atoms with E-state index in [9.17, 15) is 9.59 Å². The molecule has 0 saturated carbocycles. The lowest BCUT2D eigenvalue weighted by atomic mass is 9.69. The summed E-state index contributed by atoms with van der Waals surface area (Å²) in [5.41, 5.74) is 11.6. The normalized spacial score (nSPS) is 16.8. The van der Waals surface area contributed by atoms with Gasteiger partial charge in [-0.3, -0.25) is 4.79 Å². The fraction of sp³-hybridized carbons (Fsp3) is 0.184. The number of nitrogen functional groups attached to an aromatic ring is 1. The Morgan fingerprint density at radius 3 is 2.35 bits per heavy atom. The van der Waals surface area contributed by atoms with Gasteiger partial charge in [-0.15, -0.1) is 0 Å². The van der Waals surface area contributed by atoms with Gasteiger partial charge in [0.1, 0.15) is 17.2 Å². The van der Waals surface area contributed by atoms with E-state index in [0.29, 0.717) is 54.2 Å². The van der Waals surface area contributed by atoms with Crippen LogP contribution in [0.5, 0.6) is 5.75 Å². The number of carbonyl (C=O) groups excluding carboxylic acids is 2. The number of hydrogen-bond donors (Lipinski definition) is 2. The summed E-state index contributed by atoms with van der Waals surface area (Å²) in [5.74, 6) is 0.744. The fourth-order valence-corrected chi connectivity index (χ4v) is 6.68. The molecule has 4 aromatic carbocycles. The van der Waals surface area contributed by atoms with Gasteiger partial charge >= 0.3 is 5.97 Å². The zero-order valence-corrected chi connectivity index (χ0v) is 25.5. The first kappa shape index (κ1) is 29.1. The zero-order chi connectivity index (χ0) is 31.7. The Labute approximate surface area is 267 Å². The van der Waals surface area contributed by atoms with Crippen molar-refractivity contribution in [1.82, 2.24) is 4.98 Å². The molecular weight excluding hydrogens is 576 g/mol. The van der Waals surface area contributed by atoms with E-state index in [1.807, 2.05) is 72.8 Å². The molecule has 7 rings (SSSR count). The van der Waals surface area contributed by atoms with Crippen molar-refractivity contribution in [2.75, 3.05) is 36.1 Å². The Morgan fingerprint density at radius 2 is 1.65 bits per heavy atom. The predicted octanol–water partition coefficient (Wildman–Crippen LogP) is 6.93. The molecule has 2 aliphatic rings. The van der Waals surface area contributed by atoms with Gasteiger partial charge in [-0.1, -0.05) is 66.7 Å². The number of nitrogens with zero attached hydrogens (tertiary/aromatic N) is 2. The first-order valence-electron chi connectivity index (χ1n) is 15.4. The van der Waals surface area contributed by atoms with E-state index >= 15 is 0 Å². The van der Waals surface area contributed by atoms with Crippen LogP contribution < -0.4 is 20.7 Å². The lowest BCUT2D eigenvalue weighted by molar-refractivity contribution is -0.0470. The molecule has 1 unspecified atom stereocenters. The molecule has 8 heteroatoms. The molecule has 1 amide bonds. The molecule has 46 heavy (non-hydrogen) atoms. The van der Waals surface area contributed by atoms with Crippen molar-refractivity contribution in [2.45, 2.75) is 24.4 Å². The molecule has 1 spiro atoms. The van der Waals surface area contributed by atoms with Crippen molar-refractivity contribution >= 4 is 29.1 Å². The zero-order valence-electron chi connectivity index (χ0n) is 25.5. The molecule has 2 aliphatic heterocycles. The van der Waals surface area contributed by atoms with Crippen molar-refractivity contribution in [1.29, 1.82) is 0 Å². The third kappa shape index (κ3) is 5.43. The van der Waals surface area contributed by atoms with E-state index in [2.05, 4.69) is 27.3 Å². The van der Waals surface area contributed by atoms with E-state index in [4.69, 9.17) is 15.2 Å². The van der Waals surface area contributed by atoms with E-state index in [-0.39, 0.29) is 17.8 Å². The topological polar surface area (TPSA) is 107 Å². The molecule has 3 heterocycles. The number of carbonyl (C=O) groups is 2. The Morgan fingerprint density at radius 1 is 0.913 bits per heavy atom. The molecule has 8 nitrogen and oxygen atoms in total. The largest absolute Gasteiger partial charge is 0.497 e. The van der Waals surface area contributed by atoms with Gasteiger partial charge in [0.05, 0.1) is 35.5 Å². The van der Waals surface area contributed by atoms with Crippen LogP contribution in [0.25, 0.3) is 11.1 Å². The van der Waals surface area contributed by atoms with Gasteiger partial charge in [0, 0.05) is 32.1 Å². The molecule has 1 aromatic heterocycles. The smallest absolute Gasteiger partial charge is 0.339 e. The van der Waals surface area contributed by atoms with Crippen LogP contribution >= 0.6 is 0 Å². The second kappa shape index (κ2) is 12.0. The van der Waals surface area contributed by atoms with Crippen molar-refractivity contribution < 1.29 is 19.1 Å². The SMILES string of the molecule is COc1ccc2c(c1)C(c1ccccc1)C1(CCN(c3ccc(C(=O)Nc4cc(-c5ccccc5)ccc4N)cn3)CC1)OC2=O. The Balaban J connectivity index is 1.08. The van der Waals surface area contributed by atoms with E-state index in [1.165, 1.54) is 0 Å². The second-order valence-corrected chi connectivity index (χ2v) is 11.8. The quantitative estimate of drug-likeness (QED) is 0.159. The van der Waals surface area contributed by atoms with Gasteiger partial charge < -0.3 is 25.4 Å². The van der Waals surface area contributed by atoms with Gasteiger partial charge in [0.2, 0.25) is 0 Å². The number of nitrogens with one attached hydrogen (secondary N) is 1. The van der Waals surface area contributed by atoms with E-state index in [1.54, 1.807) is 37.6 Å². The van der Waals surface area contributed by atoms with Gasteiger partial charge in [-0.2, -0.15) is 0 Å². The lowest BCUT2D eigenvalue weighted by Crippen LogP contribution is -2.53. The third-order valence-corrected chi connectivity index (χ3v) is 9.10. The van der Waals surface area contributed by atoms with Crippen LogP contribution in [0.15, 0.2) is 115 Å². The number of hydrogen-bond acceptors (Lipinski definition) is 7. The van der Waals surface area contributed by atoms with E-state index in [0.717, 1.165) is 28.1 Å². The number of amides is 1. The third-order valence-electron chi connectivity index (χ3n) is 9.10. The van der Waals surface area contributed by atoms with E-state index < -0.39 is 5.60 Å². The van der Waals surface area contributed by atoms with Crippen LogP contribution in [0.2, 0.25) is 0 Å². The fourth-order valence-electron chi connectivity index (χ4n) is 6.68. The highest BCUT2D eigenvalue weighted by Gasteiger charge is 2.51. The lowest BCUT2D eigenvalue weighted by Gasteiger charge is -2.49. The minimum absolute atomic E-state index is 0.134. The maximum atomic E-state index is 13.3. The molecule has 0 bridgehead atoms. The summed E-state index contributed by atoms with van der Waals surface area (Å²) in [6, 6.07) is 35.0. The number of anilines is 3. The van der Waals surface area contributed by atoms with Crippen molar-refractivity contribution in [3.63, 3.8) is 0 Å². The van der Waals surface area contributed by atoms with Gasteiger partial charge in [0.15, 0.2) is 0 Å². The average Bonchev–Trinajstić information content (AvgIpc) is 3.10. The highest BCUT2D eigenvalue weighted by atomic mass is 16.6. The molecule has 1 fully saturated rings. The summed E-state index contributed by atoms with van der Waals surface area (Å²) in [4.78, 5) is 33.3. The summed E-state index contributed by atoms with van der Waals surface area (Å²) < 4.78 is 11.9. The molecule has 0 radical (unpaired) electrons. The molecule has 0 aliphatic carbocycles. The number of esters is 1. The van der Waals surface area contributed by atoms with Crippen molar-refractivity contribution in [3.8, 4) is 16.9 Å². The Hall–Kier alpha value is -5.63. The number of benzene rings is 4. The molecule has 230 valence electrons. The van der Waals surface area contributed by atoms with Crippen LogP contribution in [0.1, 0.15) is 50.6 Å². The Bertz CT molecular complexity index is 1890. The predicted molar refractivity (Wildman–Crippen MR) is 179 cm³/mol.